The maximum Gasteiger partial charge on any atom is 0.127 e. The van der Waals surface area contributed by atoms with Gasteiger partial charge in [-0.15, -0.1) is 11.3 Å². The van der Waals surface area contributed by atoms with E-state index in [1.165, 1.54) is 0 Å². The first-order valence-electron chi connectivity index (χ1n) is 10.4. The highest BCUT2D eigenvalue weighted by atomic mass is 35.5. The van der Waals surface area contributed by atoms with E-state index >= 15 is 0 Å². The van der Waals surface area contributed by atoms with E-state index < -0.39 is 0 Å². The Kier molecular flexibility index (Phi) is 4.71. The molecule has 0 radical (unpaired) electrons. The van der Waals surface area contributed by atoms with Crippen molar-refractivity contribution >= 4 is 44.1 Å². The van der Waals surface area contributed by atoms with Gasteiger partial charge in [0.1, 0.15) is 5.01 Å². The van der Waals surface area contributed by atoms with Crippen molar-refractivity contribution in [1.29, 1.82) is 0 Å². The number of hydrogen-bond acceptors (Lipinski definition) is 3. The van der Waals surface area contributed by atoms with Crippen LogP contribution < -0.4 is 0 Å². The first-order valence-corrected chi connectivity index (χ1v) is 11.6. The zero-order valence-electron chi connectivity index (χ0n) is 17.0. The summed E-state index contributed by atoms with van der Waals surface area (Å²) >= 11 is 8.15. The summed E-state index contributed by atoms with van der Waals surface area (Å²) in [4.78, 5) is 10.2. The lowest BCUT2D eigenvalue weighted by atomic mass is 9.92. The predicted molar refractivity (Wildman–Crippen MR) is 136 cm³/mol. The first-order chi connectivity index (χ1) is 15.8. The summed E-state index contributed by atoms with van der Waals surface area (Å²) in [5.41, 5.74) is 7.17. The standard InChI is InChI=1S/C28H17ClN2S/c29-20-15-16-22-21(17-20)25(18-9-3-1-4-10-18)26(27(30-22)19-11-5-2-6-12-19)28-31-23-13-7-8-14-24(23)32-28/h1-17H. The second-order valence-corrected chi connectivity index (χ2v) is 9.06. The number of pyridine rings is 1. The molecule has 0 fully saturated rings. The van der Waals surface area contributed by atoms with Gasteiger partial charge in [-0.2, -0.15) is 0 Å². The van der Waals surface area contributed by atoms with Crippen LogP contribution in [0.5, 0.6) is 0 Å². The highest BCUT2D eigenvalue weighted by Crippen LogP contribution is 2.45. The second-order valence-electron chi connectivity index (χ2n) is 7.59. The Morgan fingerprint density at radius 2 is 1.28 bits per heavy atom. The summed E-state index contributed by atoms with van der Waals surface area (Å²) in [6, 6.07) is 35.0. The minimum absolute atomic E-state index is 0.694. The van der Waals surface area contributed by atoms with Gasteiger partial charge in [0.2, 0.25) is 0 Å². The molecule has 0 aliphatic rings. The topological polar surface area (TPSA) is 25.8 Å². The summed E-state index contributed by atoms with van der Waals surface area (Å²) in [5, 5.41) is 2.68. The van der Waals surface area contributed by atoms with E-state index in [0.29, 0.717) is 5.02 Å². The highest BCUT2D eigenvalue weighted by molar-refractivity contribution is 7.21. The van der Waals surface area contributed by atoms with Crippen molar-refractivity contribution in [3.63, 3.8) is 0 Å². The number of nitrogens with zero attached hydrogens (tertiary/aromatic N) is 2. The van der Waals surface area contributed by atoms with Crippen molar-refractivity contribution in [2.75, 3.05) is 0 Å². The van der Waals surface area contributed by atoms with Crippen LogP contribution in [0.2, 0.25) is 5.02 Å². The van der Waals surface area contributed by atoms with Gasteiger partial charge in [-0.05, 0) is 35.9 Å². The molecule has 6 aromatic rings. The Balaban J connectivity index is 1.81. The van der Waals surface area contributed by atoms with Gasteiger partial charge in [0.25, 0.3) is 0 Å². The van der Waals surface area contributed by atoms with Crippen LogP contribution in [-0.4, -0.2) is 9.97 Å². The average molecular weight is 449 g/mol. The van der Waals surface area contributed by atoms with E-state index in [1.807, 2.05) is 48.5 Å². The summed E-state index contributed by atoms with van der Waals surface area (Å²) in [7, 11) is 0. The van der Waals surface area contributed by atoms with Crippen molar-refractivity contribution in [2.24, 2.45) is 0 Å². The van der Waals surface area contributed by atoms with Gasteiger partial charge in [-0.3, -0.25) is 0 Å². The molecule has 2 heterocycles. The number of rotatable bonds is 3. The first kappa shape index (κ1) is 19.2. The molecule has 0 atom stereocenters. The molecular formula is C28H17ClN2S. The molecule has 0 bridgehead atoms. The fourth-order valence-corrected chi connectivity index (χ4v) is 5.32. The fourth-order valence-electron chi connectivity index (χ4n) is 4.13. The van der Waals surface area contributed by atoms with Gasteiger partial charge >= 0.3 is 0 Å². The van der Waals surface area contributed by atoms with E-state index in [4.69, 9.17) is 21.6 Å². The molecule has 0 saturated carbocycles. The van der Waals surface area contributed by atoms with E-state index in [0.717, 1.165) is 54.1 Å². The Bertz CT molecular complexity index is 1540. The number of halogens is 1. The maximum absolute atomic E-state index is 6.46. The molecule has 6 rings (SSSR count). The third-order valence-electron chi connectivity index (χ3n) is 5.56. The second kappa shape index (κ2) is 7.86. The van der Waals surface area contributed by atoms with Crippen molar-refractivity contribution in [2.45, 2.75) is 0 Å². The third kappa shape index (κ3) is 3.27. The van der Waals surface area contributed by atoms with E-state index in [2.05, 4.69) is 54.6 Å². The average Bonchev–Trinajstić information content (AvgIpc) is 3.28. The third-order valence-corrected chi connectivity index (χ3v) is 6.85. The minimum atomic E-state index is 0.694. The molecule has 0 N–H and O–H groups in total. The molecule has 0 saturated heterocycles. The maximum atomic E-state index is 6.46. The molecule has 0 amide bonds. The molecule has 0 aliphatic heterocycles. The zero-order chi connectivity index (χ0) is 21.5. The van der Waals surface area contributed by atoms with E-state index in [1.54, 1.807) is 11.3 Å². The lowest BCUT2D eigenvalue weighted by Crippen LogP contribution is -1.96. The van der Waals surface area contributed by atoms with Gasteiger partial charge in [0.05, 0.1) is 21.4 Å². The normalized spacial score (nSPS) is 11.3. The van der Waals surface area contributed by atoms with Gasteiger partial charge in [0, 0.05) is 27.1 Å². The van der Waals surface area contributed by atoms with Gasteiger partial charge in [0.15, 0.2) is 0 Å². The number of para-hydroxylation sites is 1. The molecule has 32 heavy (non-hydrogen) atoms. The minimum Gasteiger partial charge on any atom is -0.247 e. The molecule has 4 aromatic carbocycles. The summed E-state index contributed by atoms with van der Waals surface area (Å²) in [5.74, 6) is 0. The molecule has 4 heteroatoms. The van der Waals surface area contributed by atoms with Crippen LogP contribution in [0.25, 0.3) is 54.1 Å². The van der Waals surface area contributed by atoms with E-state index in [9.17, 15) is 0 Å². The van der Waals surface area contributed by atoms with Crippen molar-refractivity contribution in [1.82, 2.24) is 9.97 Å². The van der Waals surface area contributed by atoms with Crippen LogP contribution in [-0.2, 0) is 0 Å². The molecule has 0 aliphatic carbocycles. The predicted octanol–water partition coefficient (Wildman–Crippen LogP) is 8.50. The lowest BCUT2D eigenvalue weighted by Gasteiger charge is -2.17. The Hall–Kier alpha value is -3.53. The zero-order valence-corrected chi connectivity index (χ0v) is 18.6. The number of thiazole rings is 1. The van der Waals surface area contributed by atoms with Crippen molar-refractivity contribution in [3.8, 4) is 33.0 Å². The molecule has 2 aromatic heterocycles. The quantitative estimate of drug-likeness (QED) is 0.271. The number of hydrogen-bond donors (Lipinski definition) is 0. The van der Waals surface area contributed by atoms with E-state index in [-0.39, 0.29) is 0 Å². The number of aromatic nitrogens is 2. The summed E-state index contributed by atoms with van der Waals surface area (Å²) in [6.45, 7) is 0. The van der Waals surface area contributed by atoms with Crippen LogP contribution in [0, 0.1) is 0 Å². The van der Waals surface area contributed by atoms with Gasteiger partial charge < -0.3 is 0 Å². The smallest absolute Gasteiger partial charge is 0.127 e. The van der Waals surface area contributed by atoms with Crippen LogP contribution in [0.3, 0.4) is 0 Å². The number of fused-ring (bicyclic) bond motifs is 2. The molecule has 0 spiro atoms. The fraction of sp³-hybridized carbons (Fsp3) is 0. The summed E-state index contributed by atoms with van der Waals surface area (Å²) < 4.78 is 1.16. The van der Waals surface area contributed by atoms with Crippen molar-refractivity contribution in [3.05, 3.63) is 108 Å². The Labute approximate surface area is 194 Å². The molecule has 152 valence electrons. The monoisotopic (exact) mass is 448 g/mol. The molecule has 2 nitrogen and oxygen atoms in total. The van der Waals surface area contributed by atoms with Crippen LogP contribution in [0.15, 0.2) is 103 Å². The van der Waals surface area contributed by atoms with Gasteiger partial charge in [-0.25, -0.2) is 9.97 Å². The Morgan fingerprint density at radius 3 is 2.03 bits per heavy atom. The van der Waals surface area contributed by atoms with Crippen LogP contribution in [0.4, 0.5) is 0 Å². The Morgan fingerprint density at radius 1 is 0.594 bits per heavy atom. The summed E-state index contributed by atoms with van der Waals surface area (Å²) in [6.07, 6.45) is 0. The number of benzene rings is 4. The van der Waals surface area contributed by atoms with Crippen LogP contribution >= 0.6 is 22.9 Å². The van der Waals surface area contributed by atoms with Gasteiger partial charge in [-0.1, -0.05) is 84.4 Å². The van der Waals surface area contributed by atoms with Crippen LogP contribution in [0.1, 0.15) is 0 Å². The molecule has 0 unspecified atom stereocenters. The SMILES string of the molecule is Clc1ccc2nc(-c3ccccc3)c(-c3nc4ccccc4s3)c(-c3ccccc3)c2c1. The lowest BCUT2D eigenvalue weighted by molar-refractivity contribution is 1.38. The largest absolute Gasteiger partial charge is 0.247 e. The highest BCUT2D eigenvalue weighted by Gasteiger charge is 2.22. The van der Waals surface area contributed by atoms with Crippen molar-refractivity contribution < 1.29 is 0 Å². The molecular weight excluding hydrogens is 432 g/mol.